The van der Waals surface area contributed by atoms with Crippen LogP contribution in [-0.2, 0) is 10.2 Å². The molecule has 7 heteroatoms. The van der Waals surface area contributed by atoms with Crippen molar-refractivity contribution in [1.82, 2.24) is 14.6 Å². The third-order valence-electron chi connectivity index (χ3n) is 3.33. The summed E-state index contributed by atoms with van der Waals surface area (Å²) in [7, 11) is -1.51. The van der Waals surface area contributed by atoms with Gasteiger partial charge in [0.15, 0.2) is 0 Å². The van der Waals surface area contributed by atoms with E-state index in [1.54, 1.807) is 24.5 Å². The van der Waals surface area contributed by atoms with Gasteiger partial charge in [-0.25, -0.2) is 0 Å². The Morgan fingerprint density at radius 2 is 1.95 bits per heavy atom. The molecule has 0 aliphatic carbocycles. The maximum Gasteiger partial charge on any atom is 0.301 e. The molecule has 6 nitrogen and oxygen atoms in total. The summed E-state index contributed by atoms with van der Waals surface area (Å²) in [4.78, 5) is 3.86. The van der Waals surface area contributed by atoms with Crippen molar-refractivity contribution >= 4 is 15.9 Å². The zero-order chi connectivity index (χ0) is 13.7. The number of pyridine rings is 1. The van der Waals surface area contributed by atoms with Gasteiger partial charge in [0.2, 0.25) is 0 Å². The second-order valence-corrected chi connectivity index (χ2v) is 6.41. The second kappa shape index (κ2) is 6.31. The molecule has 1 saturated heterocycles. The zero-order valence-electron chi connectivity index (χ0n) is 11.0. The van der Waals surface area contributed by atoms with Crippen LogP contribution in [-0.4, -0.2) is 44.4 Å². The van der Waals surface area contributed by atoms with Crippen molar-refractivity contribution in [3.8, 4) is 0 Å². The normalized spacial score (nSPS) is 18.4. The Balaban J connectivity index is 1.94. The van der Waals surface area contributed by atoms with E-state index in [1.807, 2.05) is 7.05 Å². The first-order chi connectivity index (χ1) is 9.12. The molecule has 0 atom stereocenters. The highest BCUT2D eigenvalue weighted by atomic mass is 32.2. The second-order valence-electron chi connectivity index (χ2n) is 4.74. The van der Waals surface area contributed by atoms with Crippen LogP contribution in [0.25, 0.3) is 0 Å². The average molecular weight is 284 g/mol. The molecule has 19 heavy (non-hydrogen) atoms. The van der Waals surface area contributed by atoms with Gasteiger partial charge in [-0.15, -0.1) is 0 Å². The molecule has 0 aromatic carbocycles. The van der Waals surface area contributed by atoms with Gasteiger partial charge in [-0.05, 0) is 44.5 Å². The van der Waals surface area contributed by atoms with Crippen molar-refractivity contribution in [3.05, 3.63) is 24.5 Å². The van der Waals surface area contributed by atoms with Crippen molar-refractivity contribution < 1.29 is 8.42 Å². The van der Waals surface area contributed by atoms with Crippen LogP contribution in [0, 0.1) is 5.92 Å². The van der Waals surface area contributed by atoms with Gasteiger partial charge < -0.3 is 5.32 Å². The van der Waals surface area contributed by atoms with Crippen molar-refractivity contribution in [2.75, 3.05) is 31.4 Å². The highest BCUT2D eigenvalue weighted by Gasteiger charge is 2.27. The smallest absolute Gasteiger partial charge is 0.301 e. The van der Waals surface area contributed by atoms with Gasteiger partial charge in [0, 0.05) is 25.5 Å². The predicted molar refractivity (Wildman–Crippen MR) is 75.0 cm³/mol. The minimum Gasteiger partial charge on any atom is -0.319 e. The van der Waals surface area contributed by atoms with Gasteiger partial charge >= 0.3 is 10.2 Å². The molecular weight excluding hydrogens is 264 g/mol. The van der Waals surface area contributed by atoms with Crippen molar-refractivity contribution in [3.63, 3.8) is 0 Å². The number of hydrogen-bond acceptors (Lipinski definition) is 4. The Morgan fingerprint density at radius 3 is 2.53 bits per heavy atom. The molecule has 1 aromatic heterocycles. The minimum atomic E-state index is -3.44. The first-order valence-electron chi connectivity index (χ1n) is 6.44. The highest BCUT2D eigenvalue weighted by molar-refractivity contribution is 7.90. The SMILES string of the molecule is CNCC1CCN(S(=O)(=O)Nc2ccncc2)CC1. The lowest BCUT2D eigenvalue weighted by molar-refractivity contribution is 0.272. The molecule has 0 amide bonds. The van der Waals surface area contributed by atoms with Gasteiger partial charge in [0.1, 0.15) is 0 Å². The number of nitrogens with zero attached hydrogens (tertiary/aromatic N) is 2. The molecule has 0 saturated carbocycles. The summed E-state index contributed by atoms with van der Waals surface area (Å²) in [5, 5.41) is 3.14. The van der Waals surface area contributed by atoms with E-state index in [0.717, 1.165) is 19.4 Å². The van der Waals surface area contributed by atoms with Crippen LogP contribution in [0.15, 0.2) is 24.5 Å². The largest absolute Gasteiger partial charge is 0.319 e. The van der Waals surface area contributed by atoms with Crippen molar-refractivity contribution in [2.24, 2.45) is 5.92 Å². The van der Waals surface area contributed by atoms with E-state index in [2.05, 4.69) is 15.0 Å². The summed E-state index contributed by atoms with van der Waals surface area (Å²) in [5.74, 6) is 0.567. The molecule has 1 aliphatic rings. The summed E-state index contributed by atoms with van der Waals surface area (Å²) in [6, 6.07) is 3.29. The van der Waals surface area contributed by atoms with E-state index < -0.39 is 10.2 Å². The fourth-order valence-corrected chi connectivity index (χ4v) is 3.53. The summed E-state index contributed by atoms with van der Waals surface area (Å²) in [5.41, 5.74) is 0.548. The molecule has 2 rings (SSSR count). The third kappa shape index (κ3) is 3.89. The first-order valence-corrected chi connectivity index (χ1v) is 7.88. The highest BCUT2D eigenvalue weighted by Crippen LogP contribution is 2.20. The summed E-state index contributed by atoms with van der Waals surface area (Å²) < 4.78 is 28.5. The lowest BCUT2D eigenvalue weighted by atomic mass is 9.98. The van der Waals surface area contributed by atoms with E-state index in [9.17, 15) is 8.42 Å². The van der Waals surface area contributed by atoms with E-state index in [-0.39, 0.29) is 0 Å². The maximum atomic E-state index is 12.2. The average Bonchev–Trinajstić information content (AvgIpc) is 2.40. The van der Waals surface area contributed by atoms with Crippen LogP contribution in [0.1, 0.15) is 12.8 Å². The maximum absolute atomic E-state index is 12.2. The van der Waals surface area contributed by atoms with Gasteiger partial charge in [-0.2, -0.15) is 12.7 Å². The van der Waals surface area contributed by atoms with Crippen LogP contribution in [0.3, 0.4) is 0 Å². The molecule has 2 N–H and O–H groups in total. The Bertz CT molecular complexity index is 484. The van der Waals surface area contributed by atoms with Gasteiger partial charge in [0.25, 0.3) is 0 Å². The molecule has 1 aromatic rings. The number of anilines is 1. The quantitative estimate of drug-likeness (QED) is 0.833. The lowest BCUT2D eigenvalue weighted by Gasteiger charge is -2.31. The first kappa shape index (κ1) is 14.2. The number of nitrogens with one attached hydrogen (secondary N) is 2. The molecule has 2 heterocycles. The Labute approximate surface area is 114 Å². The molecule has 106 valence electrons. The van der Waals surface area contributed by atoms with Gasteiger partial charge in [-0.3, -0.25) is 9.71 Å². The van der Waals surface area contributed by atoms with Crippen molar-refractivity contribution in [1.29, 1.82) is 0 Å². The zero-order valence-corrected chi connectivity index (χ0v) is 11.9. The minimum absolute atomic E-state index is 0.548. The lowest BCUT2D eigenvalue weighted by Crippen LogP contribution is -2.43. The fraction of sp³-hybridized carbons (Fsp3) is 0.583. The Hall–Kier alpha value is -1.18. The molecule has 1 fully saturated rings. The van der Waals surface area contributed by atoms with Crippen LogP contribution >= 0.6 is 0 Å². The monoisotopic (exact) mass is 284 g/mol. The van der Waals surface area contributed by atoms with E-state index >= 15 is 0 Å². The number of hydrogen-bond donors (Lipinski definition) is 2. The number of piperidine rings is 1. The van der Waals surface area contributed by atoms with Crippen LogP contribution in [0.4, 0.5) is 5.69 Å². The van der Waals surface area contributed by atoms with Gasteiger partial charge in [-0.1, -0.05) is 0 Å². The topological polar surface area (TPSA) is 74.3 Å². The van der Waals surface area contributed by atoms with Gasteiger partial charge in [0.05, 0.1) is 5.69 Å². The molecule has 1 aliphatic heterocycles. The van der Waals surface area contributed by atoms with Crippen LogP contribution < -0.4 is 10.0 Å². The molecule has 0 bridgehead atoms. The van der Waals surface area contributed by atoms with E-state index in [1.165, 1.54) is 4.31 Å². The van der Waals surface area contributed by atoms with Crippen molar-refractivity contribution in [2.45, 2.75) is 12.8 Å². The number of rotatable bonds is 5. The predicted octanol–water partition coefficient (Wildman–Crippen LogP) is 0.670. The number of aromatic nitrogens is 1. The molecule has 0 unspecified atom stereocenters. The van der Waals surface area contributed by atoms with E-state index in [4.69, 9.17) is 0 Å². The molecule has 0 radical (unpaired) electrons. The van der Waals surface area contributed by atoms with Crippen LogP contribution in [0.5, 0.6) is 0 Å². The summed E-state index contributed by atoms with van der Waals surface area (Å²) in [6.45, 7) is 2.10. The summed E-state index contributed by atoms with van der Waals surface area (Å²) in [6.07, 6.45) is 4.93. The molecular formula is C12H20N4O2S. The standard InChI is InChI=1S/C12H20N4O2S/c1-13-10-11-4-8-16(9-5-11)19(17,18)15-12-2-6-14-7-3-12/h2-3,6-7,11,13H,4-5,8-10H2,1H3,(H,14,15). The van der Waals surface area contributed by atoms with Crippen LogP contribution in [0.2, 0.25) is 0 Å². The molecule has 0 spiro atoms. The Kier molecular flexibility index (Phi) is 4.73. The Morgan fingerprint density at radius 1 is 1.32 bits per heavy atom. The fourth-order valence-electron chi connectivity index (χ4n) is 2.28. The summed E-state index contributed by atoms with van der Waals surface area (Å²) >= 11 is 0. The third-order valence-corrected chi connectivity index (χ3v) is 4.87. The van der Waals surface area contributed by atoms with E-state index in [0.29, 0.717) is 24.7 Å².